The minimum absolute atomic E-state index is 0.144. The normalized spacial score (nSPS) is 10.8. The van der Waals surface area contributed by atoms with Crippen LogP contribution in [-0.2, 0) is 11.2 Å². The summed E-state index contributed by atoms with van der Waals surface area (Å²) in [5.74, 6) is -0.313. The van der Waals surface area contributed by atoms with E-state index in [0.29, 0.717) is 18.7 Å². The number of rotatable bonds is 6. The Balaban J connectivity index is 1.44. The van der Waals surface area contributed by atoms with Gasteiger partial charge in [-0.2, -0.15) is 0 Å². The molecule has 2 heterocycles. The monoisotopic (exact) mass is 320 g/mol. The molecule has 0 aliphatic carbocycles. The number of benzene rings is 1. The largest absolute Gasteiger partial charge is 0.484 e. The van der Waals surface area contributed by atoms with E-state index in [1.54, 1.807) is 12.4 Å². The van der Waals surface area contributed by atoms with Gasteiger partial charge in [0.2, 0.25) is 4.96 Å². The molecule has 0 aliphatic rings. The number of thiazole rings is 1. The van der Waals surface area contributed by atoms with Gasteiger partial charge in [0.1, 0.15) is 17.9 Å². The fourth-order valence-corrected chi connectivity index (χ4v) is 2.79. The van der Waals surface area contributed by atoms with Gasteiger partial charge < -0.3 is 10.1 Å². The van der Waals surface area contributed by atoms with Gasteiger partial charge in [-0.1, -0.05) is 6.07 Å². The highest BCUT2D eigenvalue weighted by Gasteiger charge is 2.06. The van der Waals surface area contributed by atoms with Crippen LogP contribution in [0.3, 0.4) is 0 Å². The van der Waals surface area contributed by atoms with Gasteiger partial charge in [0.05, 0.1) is 0 Å². The van der Waals surface area contributed by atoms with Crippen molar-refractivity contribution < 1.29 is 13.9 Å². The lowest BCUT2D eigenvalue weighted by atomic mass is 10.3. The van der Waals surface area contributed by atoms with Crippen LogP contribution in [-0.4, -0.2) is 33.7 Å². The molecule has 3 aromatic rings. The Labute approximate surface area is 129 Å². The Morgan fingerprint density at radius 1 is 1.45 bits per heavy atom. The maximum atomic E-state index is 13.0. The van der Waals surface area contributed by atoms with Crippen molar-refractivity contribution in [3.63, 3.8) is 0 Å². The number of amides is 1. The third-order valence-corrected chi connectivity index (χ3v) is 3.87. The molecule has 0 atom stereocenters. The van der Waals surface area contributed by atoms with E-state index in [-0.39, 0.29) is 12.5 Å². The summed E-state index contributed by atoms with van der Waals surface area (Å²) in [6, 6.07) is 5.69. The molecule has 0 fully saturated rings. The number of nitrogens with one attached hydrogen (secondary N) is 1. The van der Waals surface area contributed by atoms with Gasteiger partial charge in [-0.05, 0) is 12.1 Å². The molecule has 0 saturated carbocycles. The van der Waals surface area contributed by atoms with Crippen LogP contribution < -0.4 is 10.1 Å². The zero-order chi connectivity index (χ0) is 15.4. The van der Waals surface area contributed by atoms with E-state index in [1.807, 2.05) is 9.78 Å². The number of nitrogens with zero attached hydrogens (tertiary/aromatic N) is 3. The Hall–Kier alpha value is -2.48. The summed E-state index contributed by atoms with van der Waals surface area (Å²) in [5, 5.41) is 12.5. The third kappa shape index (κ3) is 3.40. The second-order valence-corrected chi connectivity index (χ2v) is 5.39. The van der Waals surface area contributed by atoms with Crippen LogP contribution in [0, 0.1) is 5.82 Å². The lowest BCUT2D eigenvalue weighted by Gasteiger charge is -2.07. The molecule has 0 aliphatic heterocycles. The van der Waals surface area contributed by atoms with E-state index >= 15 is 0 Å². The van der Waals surface area contributed by atoms with E-state index in [4.69, 9.17) is 4.74 Å². The topological polar surface area (TPSA) is 68.5 Å². The van der Waals surface area contributed by atoms with Crippen molar-refractivity contribution in [3.8, 4) is 5.75 Å². The van der Waals surface area contributed by atoms with Crippen molar-refractivity contribution in [2.24, 2.45) is 0 Å². The van der Waals surface area contributed by atoms with E-state index in [1.165, 1.54) is 29.5 Å². The fourth-order valence-electron chi connectivity index (χ4n) is 1.95. The molecule has 0 saturated heterocycles. The fraction of sp³-hybridized carbons (Fsp3) is 0.214. The van der Waals surface area contributed by atoms with Gasteiger partial charge in [-0.3, -0.25) is 9.20 Å². The number of halogens is 1. The molecule has 3 rings (SSSR count). The summed E-state index contributed by atoms with van der Waals surface area (Å²) >= 11 is 1.50. The number of aromatic nitrogens is 3. The molecule has 1 N–H and O–H groups in total. The molecule has 8 heteroatoms. The SMILES string of the molecule is O=C(COc1cccc(F)c1)NCCc1csc2nncn12. The lowest BCUT2D eigenvalue weighted by Crippen LogP contribution is -2.30. The van der Waals surface area contributed by atoms with E-state index < -0.39 is 5.82 Å². The van der Waals surface area contributed by atoms with Gasteiger partial charge in [-0.15, -0.1) is 21.5 Å². The quantitative estimate of drug-likeness (QED) is 0.750. The van der Waals surface area contributed by atoms with Crippen LogP contribution in [0.5, 0.6) is 5.75 Å². The molecule has 1 aromatic carbocycles. The average Bonchev–Trinajstić information content (AvgIpc) is 3.10. The molecule has 1 amide bonds. The second-order valence-electron chi connectivity index (χ2n) is 4.56. The summed E-state index contributed by atoms with van der Waals surface area (Å²) in [7, 11) is 0. The average molecular weight is 320 g/mol. The first-order valence-electron chi connectivity index (χ1n) is 6.63. The number of carbonyl (C=O) groups excluding carboxylic acids is 1. The van der Waals surface area contributed by atoms with E-state index in [0.717, 1.165) is 10.7 Å². The minimum atomic E-state index is -0.395. The molecule has 114 valence electrons. The number of carbonyl (C=O) groups is 1. The Bertz CT molecular complexity index is 786. The smallest absolute Gasteiger partial charge is 0.257 e. The number of ether oxygens (including phenoxy) is 1. The first kappa shape index (κ1) is 14.5. The van der Waals surface area contributed by atoms with Gasteiger partial charge >= 0.3 is 0 Å². The van der Waals surface area contributed by atoms with E-state index in [9.17, 15) is 9.18 Å². The summed E-state index contributed by atoms with van der Waals surface area (Å²) in [4.78, 5) is 12.5. The molecular formula is C14H13FN4O2S. The summed E-state index contributed by atoms with van der Waals surface area (Å²) in [6.45, 7) is 0.338. The highest BCUT2D eigenvalue weighted by Crippen LogP contribution is 2.13. The van der Waals surface area contributed by atoms with Gasteiger partial charge in [0.15, 0.2) is 6.61 Å². The zero-order valence-electron chi connectivity index (χ0n) is 11.5. The van der Waals surface area contributed by atoms with Crippen LogP contribution in [0.2, 0.25) is 0 Å². The highest BCUT2D eigenvalue weighted by atomic mass is 32.1. The van der Waals surface area contributed by atoms with Crippen molar-refractivity contribution in [2.45, 2.75) is 6.42 Å². The summed E-state index contributed by atoms with van der Waals surface area (Å²) in [5.41, 5.74) is 1.04. The van der Waals surface area contributed by atoms with Gasteiger partial charge in [0, 0.05) is 30.1 Å². The summed E-state index contributed by atoms with van der Waals surface area (Å²) < 4.78 is 20.1. The Morgan fingerprint density at radius 2 is 2.36 bits per heavy atom. The molecule has 6 nitrogen and oxygen atoms in total. The van der Waals surface area contributed by atoms with Crippen LogP contribution in [0.4, 0.5) is 4.39 Å². The molecule has 0 spiro atoms. The third-order valence-electron chi connectivity index (χ3n) is 3.00. The minimum Gasteiger partial charge on any atom is -0.484 e. The van der Waals surface area contributed by atoms with Crippen LogP contribution in [0.1, 0.15) is 5.69 Å². The molecule has 22 heavy (non-hydrogen) atoms. The van der Waals surface area contributed by atoms with Crippen molar-refractivity contribution >= 4 is 22.2 Å². The standard InChI is InChI=1S/C14H13FN4O2S/c15-10-2-1-3-12(6-10)21-7-13(20)16-5-4-11-8-22-14-18-17-9-19(11)14/h1-3,6,8-9H,4-5,7H2,(H,16,20). The second kappa shape index (κ2) is 6.52. The number of fused-ring (bicyclic) bond motifs is 1. The summed E-state index contributed by atoms with van der Waals surface area (Å²) in [6.07, 6.45) is 2.32. The first-order chi connectivity index (χ1) is 10.7. The van der Waals surface area contributed by atoms with Crippen molar-refractivity contribution in [1.29, 1.82) is 0 Å². The highest BCUT2D eigenvalue weighted by molar-refractivity contribution is 7.15. The van der Waals surface area contributed by atoms with Crippen molar-refractivity contribution in [1.82, 2.24) is 19.9 Å². The van der Waals surface area contributed by atoms with E-state index in [2.05, 4.69) is 15.5 Å². The maximum Gasteiger partial charge on any atom is 0.257 e. The van der Waals surface area contributed by atoms with Crippen LogP contribution >= 0.6 is 11.3 Å². The van der Waals surface area contributed by atoms with Gasteiger partial charge in [0.25, 0.3) is 5.91 Å². The predicted octanol–water partition coefficient (Wildman–Crippen LogP) is 1.67. The Morgan fingerprint density at radius 3 is 3.23 bits per heavy atom. The van der Waals surface area contributed by atoms with Crippen LogP contribution in [0.15, 0.2) is 36.0 Å². The number of hydrogen-bond acceptors (Lipinski definition) is 5. The molecular weight excluding hydrogens is 307 g/mol. The molecule has 0 bridgehead atoms. The molecule has 0 unspecified atom stereocenters. The molecule has 0 radical (unpaired) electrons. The first-order valence-corrected chi connectivity index (χ1v) is 7.51. The van der Waals surface area contributed by atoms with Crippen molar-refractivity contribution in [3.05, 3.63) is 47.5 Å². The van der Waals surface area contributed by atoms with Gasteiger partial charge in [-0.25, -0.2) is 4.39 Å². The lowest BCUT2D eigenvalue weighted by molar-refractivity contribution is -0.123. The Kier molecular flexibility index (Phi) is 4.29. The zero-order valence-corrected chi connectivity index (χ0v) is 12.3. The molecule has 2 aromatic heterocycles. The van der Waals surface area contributed by atoms with Crippen molar-refractivity contribution in [2.75, 3.05) is 13.2 Å². The maximum absolute atomic E-state index is 13.0. The predicted molar refractivity (Wildman–Crippen MR) is 79.5 cm³/mol. The van der Waals surface area contributed by atoms with Crippen LogP contribution in [0.25, 0.3) is 4.96 Å². The number of hydrogen-bond donors (Lipinski definition) is 1.